The van der Waals surface area contributed by atoms with E-state index in [1.54, 1.807) is 37.4 Å². The molecule has 0 amide bonds. The summed E-state index contributed by atoms with van der Waals surface area (Å²) in [5, 5.41) is 12.4. The van der Waals surface area contributed by atoms with Crippen molar-refractivity contribution >= 4 is 0 Å². The molecule has 0 radical (unpaired) electrons. The Morgan fingerprint density at radius 1 is 1.25 bits per heavy atom. The van der Waals surface area contributed by atoms with Crippen molar-refractivity contribution in [1.82, 2.24) is 5.32 Å². The maximum atomic E-state index is 13.9. The van der Waals surface area contributed by atoms with Crippen molar-refractivity contribution in [3.63, 3.8) is 0 Å². The van der Waals surface area contributed by atoms with E-state index in [1.165, 1.54) is 6.07 Å². The van der Waals surface area contributed by atoms with Crippen molar-refractivity contribution in [2.45, 2.75) is 19.6 Å². The predicted molar refractivity (Wildman–Crippen MR) is 76.3 cm³/mol. The molecule has 1 atom stereocenters. The summed E-state index contributed by atoms with van der Waals surface area (Å²) in [5.41, 5.74) is 1.44. The minimum atomic E-state index is -0.291. The van der Waals surface area contributed by atoms with E-state index in [4.69, 9.17) is 4.74 Å². The van der Waals surface area contributed by atoms with Crippen LogP contribution in [0.1, 0.15) is 24.1 Å². The van der Waals surface area contributed by atoms with Gasteiger partial charge >= 0.3 is 0 Å². The number of halogens is 1. The second-order valence-corrected chi connectivity index (χ2v) is 4.65. The average molecular weight is 275 g/mol. The van der Waals surface area contributed by atoms with E-state index in [2.05, 4.69) is 5.32 Å². The van der Waals surface area contributed by atoms with Gasteiger partial charge in [-0.2, -0.15) is 0 Å². The Hall–Kier alpha value is -2.07. The van der Waals surface area contributed by atoms with E-state index in [9.17, 15) is 9.50 Å². The molecule has 0 aliphatic heterocycles. The van der Waals surface area contributed by atoms with Gasteiger partial charge in [0, 0.05) is 17.7 Å². The van der Waals surface area contributed by atoms with Gasteiger partial charge < -0.3 is 15.2 Å². The summed E-state index contributed by atoms with van der Waals surface area (Å²) >= 11 is 0. The van der Waals surface area contributed by atoms with E-state index in [1.807, 2.05) is 13.0 Å². The third kappa shape index (κ3) is 3.48. The van der Waals surface area contributed by atoms with E-state index in [-0.39, 0.29) is 24.2 Å². The smallest absolute Gasteiger partial charge is 0.131 e. The van der Waals surface area contributed by atoms with Crippen molar-refractivity contribution in [1.29, 1.82) is 0 Å². The normalized spacial score (nSPS) is 12.2. The second-order valence-electron chi connectivity index (χ2n) is 4.65. The summed E-state index contributed by atoms with van der Waals surface area (Å²) < 4.78 is 19.4. The summed E-state index contributed by atoms with van der Waals surface area (Å²) in [6.07, 6.45) is 0. The molecule has 0 spiro atoms. The Morgan fingerprint density at radius 2 is 2.05 bits per heavy atom. The van der Waals surface area contributed by atoms with E-state index >= 15 is 0 Å². The van der Waals surface area contributed by atoms with Gasteiger partial charge in [0.25, 0.3) is 0 Å². The Balaban J connectivity index is 2.05. The summed E-state index contributed by atoms with van der Waals surface area (Å²) in [5.74, 6) is 0.369. The molecule has 0 fully saturated rings. The first-order valence-corrected chi connectivity index (χ1v) is 6.47. The number of rotatable bonds is 5. The van der Waals surface area contributed by atoms with Crippen molar-refractivity contribution in [2.75, 3.05) is 7.05 Å². The quantitative estimate of drug-likeness (QED) is 0.879. The number of benzene rings is 2. The lowest BCUT2D eigenvalue weighted by atomic mass is 10.1. The summed E-state index contributed by atoms with van der Waals surface area (Å²) in [7, 11) is 1.79. The zero-order valence-electron chi connectivity index (χ0n) is 11.6. The maximum absolute atomic E-state index is 13.9. The van der Waals surface area contributed by atoms with Crippen molar-refractivity contribution in [3.8, 4) is 11.5 Å². The molecule has 1 unspecified atom stereocenters. The number of phenols is 1. The molecule has 2 rings (SSSR count). The fraction of sp³-hybridized carbons (Fsp3) is 0.250. The fourth-order valence-corrected chi connectivity index (χ4v) is 1.92. The van der Waals surface area contributed by atoms with E-state index < -0.39 is 0 Å². The van der Waals surface area contributed by atoms with Crippen LogP contribution in [0.3, 0.4) is 0 Å². The van der Waals surface area contributed by atoms with E-state index in [0.717, 1.165) is 5.56 Å². The minimum absolute atomic E-state index is 0.0462. The number of hydrogen-bond acceptors (Lipinski definition) is 3. The first kappa shape index (κ1) is 14.3. The van der Waals surface area contributed by atoms with Gasteiger partial charge in [-0.25, -0.2) is 4.39 Å². The summed E-state index contributed by atoms with van der Waals surface area (Å²) in [4.78, 5) is 0. The second kappa shape index (κ2) is 6.39. The molecule has 106 valence electrons. The number of phenolic OH excluding ortho intramolecular Hbond substituents is 1. The molecule has 3 nitrogen and oxygen atoms in total. The predicted octanol–water partition coefficient (Wildman–Crippen LogP) is 3.39. The highest BCUT2D eigenvalue weighted by atomic mass is 19.1. The van der Waals surface area contributed by atoms with Crippen LogP contribution < -0.4 is 10.1 Å². The topological polar surface area (TPSA) is 41.5 Å². The SMILES string of the molecule is CNC(C)c1ccc(OCc2cccc(O)c2)cc1F. The van der Waals surface area contributed by atoms with Crippen LogP contribution in [-0.2, 0) is 6.61 Å². The summed E-state index contributed by atoms with van der Waals surface area (Å²) in [6, 6.07) is 11.6. The van der Waals surface area contributed by atoms with Gasteiger partial charge in [-0.3, -0.25) is 0 Å². The minimum Gasteiger partial charge on any atom is -0.508 e. The lowest BCUT2D eigenvalue weighted by Crippen LogP contribution is -2.13. The third-order valence-electron chi connectivity index (χ3n) is 3.19. The van der Waals surface area contributed by atoms with Crippen LogP contribution in [0.25, 0.3) is 0 Å². The Morgan fingerprint density at radius 3 is 2.70 bits per heavy atom. The Labute approximate surface area is 118 Å². The van der Waals surface area contributed by atoms with Crippen molar-refractivity contribution < 1.29 is 14.2 Å². The van der Waals surface area contributed by atoms with Gasteiger partial charge in [0.15, 0.2) is 0 Å². The molecule has 0 aromatic heterocycles. The highest BCUT2D eigenvalue weighted by Gasteiger charge is 2.10. The highest BCUT2D eigenvalue weighted by molar-refractivity contribution is 5.31. The molecule has 2 N–H and O–H groups in total. The fourth-order valence-electron chi connectivity index (χ4n) is 1.92. The molecule has 0 aliphatic carbocycles. The van der Waals surface area contributed by atoms with Gasteiger partial charge in [-0.1, -0.05) is 18.2 Å². The van der Waals surface area contributed by atoms with Crippen LogP contribution >= 0.6 is 0 Å². The Bertz CT molecular complexity index is 586. The molecule has 0 bridgehead atoms. The standard InChI is InChI=1S/C16H18FNO2/c1-11(18-2)15-7-6-14(9-16(15)17)20-10-12-4-3-5-13(19)8-12/h3-9,11,18-19H,10H2,1-2H3. The van der Waals surface area contributed by atoms with Crippen LogP contribution in [0.5, 0.6) is 11.5 Å². The monoisotopic (exact) mass is 275 g/mol. The number of nitrogens with one attached hydrogen (secondary N) is 1. The molecule has 2 aromatic carbocycles. The van der Waals surface area contributed by atoms with Crippen LogP contribution in [0.4, 0.5) is 4.39 Å². The van der Waals surface area contributed by atoms with Crippen LogP contribution in [0, 0.1) is 5.82 Å². The number of hydrogen-bond donors (Lipinski definition) is 2. The lowest BCUT2D eigenvalue weighted by molar-refractivity contribution is 0.303. The van der Waals surface area contributed by atoms with E-state index in [0.29, 0.717) is 11.3 Å². The van der Waals surface area contributed by atoms with Gasteiger partial charge in [-0.15, -0.1) is 0 Å². The lowest BCUT2D eigenvalue weighted by Gasteiger charge is -2.13. The first-order valence-electron chi connectivity index (χ1n) is 6.47. The average Bonchev–Trinajstić information content (AvgIpc) is 2.44. The van der Waals surface area contributed by atoms with Gasteiger partial charge in [0.05, 0.1) is 0 Å². The Kier molecular flexibility index (Phi) is 4.58. The highest BCUT2D eigenvalue weighted by Crippen LogP contribution is 2.22. The van der Waals surface area contributed by atoms with Crippen molar-refractivity contribution in [2.24, 2.45) is 0 Å². The van der Waals surface area contributed by atoms with Crippen LogP contribution in [0.15, 0.2) is 42.5 Å². The van der Waals surface area contributed by atoms with Crippen molar-refractivity contribution in [3.05, 3.63) is 59.4 Å². The zero-order chi connectivity index (χ0) is 14.5. The molecular weight excluding hydrogens is 257 g/mol. The zero-order valence-corrected chi connectivity index (χ0v) is 11.6. The van der Waals surface area contributed by atoms with Gasteiger partial charge in [-0.05, 0) is 37.7 Å². The molecule has 0 saturated heterocycles. The number of aromatic hydroxyl groups is 1. The maximum Gasteiger partial charge on any atom is 0.131 e. The van der Waals surface area contributed by atoms with Crippen LogP contribution in [0.2, 0.25) is 0 Å². The molecule has 4 heteroatoms. The third-order valence-corrected chi connectivity index (χ3v) is 3.19. The molecule has 0 saturated carbocycles. The first-order chi connectivity index (χ1) is 9.60. The molecule has 2 aromatic rings. The van der Waals surface area contributed by atoms with Crippen LogP contribution in [-0.4, -0.2) is 12.2 Å². The summed E-state index contributed by atoms with van der Waals surface area (Å²) in [6.45, 7) is 2.18. The largest absolute Gasteiger partial charge is 0.508 e. The molecule has 20 heavy (non-hydrogen) atoms. The van der Waals surface area contributed by atoms with Gasteiger partial charge in [0.1, 0.15) is 23.9 Å². The van der Waals surface area contributed by atoms with Gasteiger partial charge in [0.2, 0.25) is 0 Å². The molecular formula is C16H18FNO2. The molecule has 0 heterocycles. The molecule has 0 aliphatic rings. The number of ether oxygens (including phenoxy) is 1.